The standard InChI is InChI=1S/C58H88IN3O15S/c1-32-29-57(8,70-14)51(75-54-47(64)41(61(10)11)27-33(2)71-54)35(4)48(74-44-30-56(7,69-13)50(65)37(6)72-44)36(5)52(66)76-55(59)58(9)45(34(3)46(32)63)49(53(67)77-58)78-26-25-62(31-38-21-23-60-24-22-38)39-19-20-42(68-12)43(28-39)73-40-17-15-16-18-40/h19-24,28,32-37,40-41,44-45,47-51,54-55,64-65H,15-18,25-27,29-31H2,1-14H3/t32-,33-,34-,35?,36-,37+,41+,44+,45+,47-,48+,49+,50+,51-,54+,55+,56-,57-,58+/m1/s1. The quantitative estimate of drug-likeness (QED) is 0.0882. The number of ketones is 1. The van der Waals surface area contributed by atoms with Crippen LogP contribution < -0.4 is 14.4 Å². The highest BCUT2D eigenvalue weighted by molar-refractivity contribution is 14.1. The number of hydrogen-bond donors (Lipinski definition) is 2. The average Bonchev–Trinajstić information content (AvgIpc) is 4.25. The number of halogens is 1. The van der Waals surface area contributed by atoms with Crippen LogP contribution in [0.15, 0.2) is 42.7 Å². The van der Waals surface area contributed by atoms with Crippen LogP contribution in [0.3, 0.4) is 0 Å². The maximum absolute atomic E-state index is 15.4. The molecule has 0 spiro atoms. The van der Waals surface area contributed by atoms with Crippen LogP contribution in [0, 0.1) is 29.6 Å². The monoisotopic (exact) mass is 1230 g/mol. The molecule has 4 aliphatic heterocycles. The Balaban J connectivity index is 1.23. The number of ether oxygens (including phenoxy) is 10. The first kappa shape index (κ1) is 62.7. The Morgan fingerprint density at radius 1 is 0.846 bits per heavy atom. The van der Waals surface area contributed by atoms with Gasteiger partial charge in [-0.3, -0.25) is 19.4 Å². The highest BCUT2D eigenvalue weighted by atomic mass is 127. The van der Waals surface area contributed by atoms with E-state index in [0.717, 1.165) is 36.9 Å². The van der Waals surface area contributed by atoms with E-state index >= 15 is 9.59 Å². The molecule has 438 valence electrons. The van der Waals surface area contributed by atoms with Crippen molar-refractivity contribution in [3.05, 3.63) is 48.3 Å². The lowest BCUT2D eigenvalue weighted by molar-refractivity contribution is -0.319. The minimum absolute atomic E-state index is 0.114. The van der Waals surface area contributed by atoms with E-state index in [9.17, 15) is 15.0 Å². The Kier molecular flexibility index (Phi) is 21.3. The third-order valence-corrected chi connectivity index (χ3v) is 20.3. The number of carbonyl (C=O) groups excluding carboxylic acids is 3. The van der Waals surface area contributed by atoms with E-state index < -0.39 is 111 Å². The zero-order chi connectivity index (χ0) is 57.0. The van der Waals surface area contributed by atoms with Crippen molar-refractivity contribution in [2.75, 3.05) is 52.6 Å². The van der Waals surface area contributed by atoms with Crippen LogP contribution in [-0.2, 0) is 58.8 Å². The molecule has 19 atom stereocenters. The van der Waals surface area contributed by atoms with Crippen LogP contribution in [0.25, 0.3) is 0 Å². The fourth-order valence-electron chi connectivity index (χ4n) is 12.7. The van der Waals surface area contributed by atoms with Crippen molar-refractivity contribution in [1.82, 2.24) is 9.88 Å². The van der Waals surface area contributed by atoms with Crippen molar-refractivity contribution < 1.29 is 72.0 Å². The first-order valence-electron chi connectivity index (χ1n) is 27.8. The summed E-state index contributed by atoms with van der Waals surface area (Å²) in [5.74, 6) is -3.46. The molecule has 18 nitrogen and oxygen atoms in total. The molecule has 0 amide bonds. The molecule has 5 aliphatic rings. The number of aromatic nitrogens is 1. The second kappa shape index (κ2) is 26.6. The highest BCUT2D eigenvalue weighted by Crippen LogP contribution is 2.50. The number of aliphatic hydroxyl groups is 2. The SMILES string of the molecule is COc1ccc(N(CCS[C@@H]2C(=O)O[C@@]3(C)[C@H]2[C@@H](C)C(=O)[C@H](C)C[C@@](C)(OC)[C@H](O[C@@H]2O[C@H](C)C[C@H](N(C)C)[C@H]2O)C(C)[C@H](O[C@H]2C[C@@](C)(OC)[C@@H](O)[C@H](C)O2)[C@@H](C)C(=O)O[C@@H]3I)Cc2ccncc2)cc1OC1CCCC1. The zero-order valence-electron chi connectivity index (χ0n) is 48.3. The maximum atomic E-state index is 15.4. The summed E-state index contributed by atoms with van der Waals surface area (Å²) in [5.41, 5.74) is -1.84. The number of fused-ring (bicyclic) bond motifs is 1. The van der Waals surface area contributed by atoms with Gasteiger partial charge in [0, 0.05) is 93.3 Å². The number of methoxy groups -OCH3 is 3. The smallest absolute Gasteiger partial charge is 0.320 e. The second-order valence-electron chi connectivity index (χ2n) is 23.4. The lowest BCUT2D eigenvalue weighted by Gasteiger charge is -2.49. The molecule has 4 saturated heterocycles. The Morgan fingerprint density at radius 2 is 1.53 bits per heavy atom. The Labute approximate surface area is 480 Å². The van der Waals surface area contributed by atoms with E-state index in [0.29, 0.717) is 36.8 Å². The molecular weight excluding hydrogens is 1140 g/mol. The Morgan fingerprint density at radius 3 is 2.17 bits per heavy atom. The number of nitrogens with zero attached hydrogens (tertiary/aromatic N) is 3. The van der Waals surface area contributed by atoms with E-state index in [4.69, 9.17) is 47.4 Å². The first-order chi connectivity index (χ1) is 36.9. The van der Waals surface area contributed by atoms with Crippen molar-refractivity contribution in [2.24, 2.45) is 29.6 Å². The molecule has 5 heterocycles. The lowest BCUT2D eigenvalue weighted by Crippen LogP contribution is -2.61. The topological polar surface area (TPSA) is 203 Å². The Hall–Kier alpha value is -2.90. The van der Waals surface area contributed by atoms with Gasteiger partial charge in [-0.1, -0.05) is 20.8 Å². The number of likely N-dealkylation sites (N-methyl/N-ethyl adjacent to an activating group) is 1. The van der Waals surface area contributed by atoms with Crippen LogP contribution in [-0.4, -0.2) is 173 Å². The largest absolute Gasteiger partial charge is 0.493 e. The van der Waals surface area contributed by atoms with Crippen molar-refractivity contribution >= 4 is 57.8 Å². The van der Waals surface area contributed by atoms with Crippen molar-refractivity contribution in [3.8, 4) is 11.5 Å². The van der Waals surface area contributed by atoms with Gasteiger partial charge in [-0.2, -0.15) is 0 Å². The first-order valence-corrected chi connectivity index (χ1v) is 30.1. The molecule has 0 radical (unpaired) electrons. The summed E-state index contributed by atoms with van der Waals surface area (Å²) in [6, 6.07) is 9.60. The number of pyridine rings is 1. The van der Waals surface area contributed by atoms with E-state index in [1.54, 1.807) is 54.3 Å². The van der Waals surface area contributed by atoms with E-state index in [-0.39, 0.29) is 36.9 Å². The lowest BCUT2D eigenvalue weighted by atomic mass is 9.72. The van der Waals surface area contributed by atoms with Crippen LogP contribution in [0.2, 0.25) is 0 Å². The molecule has 0 bridgehead atoms. The van der Waals surface area contributed by atoms with E-state index in [2.05, 4.69) is 9.88 Å². The van der Waals surface area contributed by atoms with Gasteiger partial charge in [-0.05, 0) is 147 Å². The van der Waals surface area contributed by atoms with Crippen molar-refractivity contribution in [3.63, 3.8) is 0 Å². The van der Waals surface area contributed by atoms with Gasteiger partial charge in [-0.15, -0.1) is 11.8 Å². The summed E-state index contributed by atoms with van der Waals surface area (Å²) < 4.78 is 63.2. The van der Waals surface area contributed by atoms with Crippen LogP contribution in [0.4, 0.5) is 5.69 Å². The summed E-state index contributed by atoms with van der Waals surface area (Å²) >= 11 is 3.45. The summed E-state index contributed by atoms with van der Waals surface area (Å²) in [6.45, 7) is 17.4. The molecule has 20 heteroatoms. The van der Waals surface area contributed by atoms with Crippen molar-refractivity contribution in [1.29, 1.82) is 0 Å². The Bertz CT molecular complexity index is 2320. The van der Waals surface area contributed by atoms with Crippen LogP contribution >= 0.6 is 34.4 Å². The normalized spacial score (nSPS) is 39.3. The molecule has 1 aromatic heterocycles. The van der Waals surface area contributed by atoms with Gasteiger partial charge in [0.25, 0.3) is 0 Å². The van der Waals surface area contributed by atoms with Gasteiger partial charge in [0.15, 0.2) is 33.8 Å². The summed E-state index contributed by atoms with van der Waals surface area (Å²) in [7, 11) is 8.52. The molecule has 1 aliphatic carbocycles. The second-order valence-corrected chi connectivity index (χ2v) is 25.8. The van der Waals surface area contributed by atoms with Crippen LogP contribution in [0.5, 0.6) is 11.5 Å². The van der Waals surface area contributed by atoms with E-state index in [1.165, 1.54) is 18.9 Å². The number of carbonyl (C=O) groups is 3. The number of esters is 2. The van der Waals surface area contributed by atoms with Gasteiger partial charge in [-0.25, -0.2) is 0 Å². The maximum Gasteiger partial charge on any atom is 0.320 e. The number of anilines is 1. The minimum Gasteiger partial charge on any atom is -0.493 e. The van der Waals surface area contributed by atoms with Crippen LogP contribution in [0.1, 0.15) is 113 Å². The number of hydrogen-bond acceptors (Lipinski definition) is 19. The van der Waals surface area contributed by atoms with Gasteiger partial charge in [0.1, 0.15) is 23.2 Å². The predicted molar refractivity (Wildman–Crippen MR) is 304 cm³/mol. The third-order valence-electron chi connectivity index (χ3n) is 17.6. The highest BCUT2D eigenvalue weighted by Gasteiger charge is 2.62. The zero-order valence-corrected chi connectivity index (χ0v) is 51.2. The fraction of sp³-hybridized carbons (Fsp3) is 0.759. The molecule has 7 rings (SSSR count). The number of thioether (sulfide) groups is 1. The van der Waals surface area contributed by atoms with Gasteiger partial charge < -0.3 is 67.4 Å². The number of aliphatic hydroxyl groups excluding tert-OH is 2. The number of Topliss-reactive ketones (excluding diaryl/α,β-unsaturated/α-hetero) is 1. The molecule has 1 saturated carbocycles. The molecular formula is C58H88IN3O15S. The number of cyclic esters (lactones) is 1. The predicted octanol–water partition coefficient (Wildman–Crippen LogP) is 7.78. The average molecular weight is 1230 g/mol. The molecule has 5 fully saturated rings. The summed E-state index contributed by atoms with van der Waals surface area (Å²) in [6.07, 6.45) is 1.50. The summed E-state index contributed by atoms with van der Waals surface area (Å²) in [5, 5.41) is 22.3. The van der Waals surface area contributed by atoms with Gasteiger partial charge in [0.2, 0.25) is 0 Å². The fourth-order valence-corrected chi connectivity index (χ4v) is 15.0. The molecule has 2 N–H and O–H groups in total. The molecule has 78 heavy (non-hydrogen) atoms. The number of benzene rings is 1. The molecule has 1 aromatic carbocycles. The van der Waals surface area contributed by atoms with Gasteiger partial charge >= 0.3 is 11.9 Å². The third kappa shape index (κ3) is 13.8. The van der Waals surface area contributed by atoms with E-state index in [1.807, 2.05) is 107 Å². The number of alkyl halides is 1. The summed E-state index contributed by atoms with van der Waals surface area (Å²) in [4.78, 5) is 53.4. The van der Waals surface area contributed by atoms with Crippen molar-refractivity contribution in [2.45, 2.75) is 201 Å². The molecule has 2 aromatic rings. The number of rotatable bonds is 17. The van der Waals surface area contributed by atoms with Gasteiger partial charge in [0.05, 0.1) is 54.7 Å². The minimum atomic E-state index is -1.45. The molecule has 1 unspecified atom stereocenters.